The molecule has 2 amide bonds. The van der Waals surface area contributed by atoms with E-state index in [1.807, 2.05) is 0 Å². The van der Waals surface area contributed by atoms with Gasteiger partial charge in [-0.25, -0.2) is 5.01 Å². The second-order valence-corrected chi connectivity index (χ2v) is 16.8. The van der Waals surface area contributed by atoms with Gasteiger partial charge in [-0.1, -0.05) is 65.6 Å². The molecule has 0 bridgehead atoms. The van der Waals surface area contributed by atoms with E-state index in [1.54, 1.807) is 23.7 Å². The van der Waals surface area contributed by atoms with E-state index in [-0.39, 0.29) is 28.5 Å². The largest absolute Gasteiger partial charge is 0.304 e. The molecule has 5 rings (SSSR count). The van der Waals surface area contributed by atoms with Gasteiger partial charge in [0, 0.05) is 25.1 Å². The minimum absolute atomic E-state index is 0.0259. The number of thioether (sulfide) groups is 1. The van der Waals surface area contributed by atoms with Crippen molar-refractivity contribution in [3.63, 3.8) is 0 Å². The number of rotatable bonds is 5. The van der Waals surface area contributed by atoms with Gasteiger partial charge in [0.2, 0.25) is 11.8 Å². The predicted molar refractivity (Wildman–Crippen MR) is 162 cm³/mol. The first-order valence-corrected chi connectivity index (χ1v) is 17.1. The normalized spacial score (nSPS) is 44.0. The highest BCUT2D eigenvalue weighted by Crippen LogP contribution is 2.72. The first-order valence-electron chi connectivity index (χ1n) is 15.8. The van der Waals surface area contributed by atoms with Crippen molar-refractivity contribution in [2.24, 2.45) is 57.4 Å². The Morgan fingerprint density at radius 2 is 1.74 bits per heavy atom. The number of nitrogens with one attached hydrogen (secondary N) is 1. The number of fused-ring (bicyclic) bond motifs is 6. The summed E-state index contributed by atoms with van der Waals surface area (Å²) >= 11 is 8.55. The van der Waals surface area contributed by atoms with E-state index in [4.69, 9.17) is 16.7 Å². The van der Waals surface area contributed by atoms with Crippen LogP contribution in [0, 0.1) is 52.3 Å². The van der Waals surface area contributed by atoms with Crippen LogP contribution in [0.25, 0.3) is 0 Å². The van der Waals surface area contributed by atoms with Gasteiger partial charge in [-0.05, 0) is 97.7 Å². The van der Waals surface area contributed by atoms with Crippen LogP contribution >= 0.6 is 23.4 Å². The Morgan fingerprint density at radius 1 is 1.05 bits per heavy atom. The number of hydrogen-bond acceptors (Lipinski definition) is 4. The number of hydrazone groups is 1. The average molecular weight is 578 g/mol. The Kier molecular flexibility index (Phi) is 8.25. The third-order valence-electron chi connectivity index (χ3n) is 12.2. The topological polar surface area (TPSA) is 61.8 Å². The maximum absolute atomic E-state index is 13.2. The lowest BCUT2D eigenvalue weighted by atomic mass is 9.43. The molecule has 10 atom stereocenters. The van der Waals surface area contributed by atoms with E-state index in [2.05, 4.69) is 39.9 Å². The average Bonchev–Trinajstić information content (AvgIpc) is 3.38. The van der Waals surface area contributed by atoms with Crippen LogP contribution in [0.15, 0.2) is 5.10 Å². The molecular weight excluding hydrogens is 526 g/mol. The summed E-state index contributed by atoms with van der Waals surface area (Å²) in [6, 6.07) is 0. The summed E-state index contributed by atoms with van der Waals surface area (Å²) in [5, 5.41) is 10.2. The fraction of sp³-hybridized carbons (Fsp3) is 0.906. The third-order valence-corrected chi connectivity index (χ3v) is 14.0. The Labute approximate surface area is 246 Å². The van der Waals surface area contributed by atoms with E-state index in [0.717, 1.165) is 43.4 Å². The molecule has 1 aliphatic heterocycles. The summed E-state index contributed by atoms with van der Waals surface area (Å²) in [6.07, 6.45) is 13.4. The number of halogens is 1. The second kappa shape index (κ2) is 10.8. The molecule has 5 aliphatic rings. The van der Waals surface area contributed by atoms with Crippen LogP contribution in [0.3, 0.4) is 0 Å². The van der Waals surface area contributed by atoms with Gasteiger partial charge in [0.1, 0.15) is 4.87 Å². The Hall–Kier alpha value is -0.750. The molecule has 4 aliphatic carbocycles. The maximum atomic E-state index is 13.2. The molecule has 39 heavy (non-hydrogen) atoms. The first-order chi connectivity index (χ1) is 18.3. The molecule has 0 radical (unpaired) electrons. The minimum atomic E-state index is -0.466. The van der Waals surface area contributed by atoms with Crippen LogP contribution in [0.1, 0.15) is 119 Å². The zero-order chi connectivity index (χ0) is 28.3. The lowest BCUT2D eigenvalue weighted by Crippen LogP contribution is -2.65. The molecule has 5 nitrogen and oxygen atoms in total. The van der Waals surface area contributed by atoms with Gasteiger partial charge in [-0.15, -0.1) is 16.7 Å². The number of alkyl halides is 1. The molecule has 220 valence electrons. The van der Waals surface area contributed by atoms with Crippen LogP contribution in [0.5, 0.6) is 0 Å². The molecule has 0 saturated heterocycles. The molecule has 1 N–H and O–H groups in total. The van der Waals surface area contributed by atoms with Crippen LogP contribution in [0.4, 0.5) is 0 Å². The van der Waals surface area contributed by atoms with Crippen LogP contribution in [-0.4, -0.2) is 32.2 Å². The fourth-order valence-corrected chi connectivity index (χ4v) is 12.6. The summed E-state index contributed by atoms with van der Waals surface area (Å²) < 4.78 is 0. The summed E-state index contributed by atoms with van der Waals surface area (Å²) in [7, 11) is 0. The molecule has 1 heterocycles. The number of carbonyl (C=O) groups excluding carboxylic acids is 2. The van der Waals surface area contributed by atoms with Crippen molar-refractivity contribution in [3.05, 3.63) is 0 Å². The smallest absolute Gasteiger partial charge is 0.240 e. The van der Waals surface area contributed by atoms with E-state index < -0.39 is 4.87 Å². The summed E-state index contributed by atoms with van der Waals surface area (Å²) in [4.78, 5) is 24.8. The lowest BCUT2D eigenvalue weighted by Gasteiger charge is -2.66. The second-order valence-electron chi connectivity index (χ2n) is 14.9. The van der Waals surface area contributed by atoms with Crippen molar-refractivity contribution in [3.8, 4) is 0 Å². The lowest BCUT2D eigenvalue weighted by molar-refractivity contribution is -0.164. The molecule has 1 spiro atoms. The Morgan fingerprint density at radius 3 is 2.41 bits per heavy atom. The number of carbonyl (C=O) groups is 2. The molecule has 7 heteroatoms. The van der Waals surface area contributed by atoms with Gasteiger partial charge in [-0.2, -0.15) is 0 Å². The van der Waals surface area contributed by atoms with E-state index in [1.165, 1.54) is 51.9 Å². The first kappa shape index (κ1) is 29.7. The summed E-state index contributed by atoms with van der Waals surface area (Å²) in [6.45, 7) is 15.5. The highest BCUT2D eigenvalue weighted by Gasteiger charge is 2.69. The van der Waals surface area contributed by atoms with Gasteiger partial charge in [0.25, 0.3) is 0 Å². The number of nitrogens with zero attached hydrogens (tertiary/aromatic N) is 2. The maximum Gasteiger partial charge on any atom is 0.240 e. The number of amidine groups is 1. The minimum Gasteiger partial charge on any atom is -0.304 e. The number of hydrogen-bond donors (Lipinski definition) is 1. The fourth-order valence-electron chi connectivity index (χ4n) is 10.6. The summed E-state index contributed by atoms with van der Waals surface area (Å²) in [5.74, 6) is 4.39. The Bertz CT molecular complexity index is 1000. The van der Waals surface area contributed by atoms with Crippen LogP contribution < -0.4 is 5.32 Å². The van der Waals surface area contributed by atoms with Crippen molar-refractivity contribution < 1.29 is 9.59 Å². The molecule has 0 aromatic carbocycles. The van der Waals surface area contributed by atoms with Gasteiger partial charge in [-0.3, -0.25) is 9.59 Å². The van der Waals surface area contributed by atoms with Crippen molar-refractivity contribution in [2.45, 2.75) is 129 Å². The van der Waals surface area contributed by atoms with Crippen molar-refractivity contribution >= 4 is 40.3 Å². The molecule has 0 aromatic heterocycles. The van der Waals surface area contributed by atoms with Crippen molar-refractivity contribution in [2.75, 3.05) is 0 Å². The SMILES string of the molecule is CC(=O)NC1=NN(C(C)=O)[C@]2(C[C@H]3[C@@H]4CC[C@H]([C@H](C)CCCC(C)C)[C@@]4(C)CC[C@@H]3[C@@]3(C)CC[C@H](Cl)C[C@@H]32)S1. The predicted octanol–water partition coefficient (Wildman–Crippen LogP) is 8.02. The van der Waals surface area contributed by atoms with Gasteiger partial charge >= 0.3 is 0 Å². The van der Waals surface area contributed by atoms with Gasteiger partial charge in [0.05, 0.1) is 0 Å². The molecule has 4 fully saturated rings. The zero-order valence-electron chi connectivity index (χ0n) is 25.4. The van der Waals surface area contributed by atoms with E-state index >= 15 is 0 Å². The highest BCUT2D eigenvalue weighted by molar-refractivity contribution is 8.15. The van der Waals surface area contributed by atoms with E-state index in [0.29, 0.717) is 28.3 Å². The zero-order valence-corrected chi connectivity index (χ0v) is 27.0. The standard InChI is InChI=1S/C32H52ClN3O2S/c1-19(2)9-8-10-20(3)25-11-12-26-24-18-32(36(22(5)38)35-29(39-32)34-21(4)37)28-17-23(33)13-15-31(28,7)27(24)14-16-30(25,26)6/h19-20,23-28H,8-18H2,1-7H3,(H,34,35,37)/t20-,23+,24+,25-,26+,27+,28+,30-,31-,32-/m1/s1. The Balaban J connectivity index is 1.48. The molecule has 0 aromatic rings. The third kappa shape index (κ3) is 5.00. The van der Waals surface area contributed by atoms with Crippen molar-refractivity contribution in [1.82, 2.24) is 10.3 Å². The quantitative estimate of drug-likeness (QED) is 0.336. The summed E-state index contributed by atoms with van der Waals surface area (Å²) in [5.41, 5.74) is 0.497. The van der Waals surface area contributed by atoms with Gasteiger partial charge in [0.15, 0.2) is 5.17 Å². The molecular formula is C32H52ClN3O2S. The number of amides is 2. The van der Waals surface area contributed by atoms with E-state index in [9.17, 15) is 9.59 Å². The highest BCUT2D eigenvalue weighted by atomic mass is 35.5. The van der Waals surface area contributed by atoms with Crippen LogP contribution in [0.2, 0.25) is 0 Å². The van der Waals surface area contributed by atoms with Crippen molar-refractivity contribution in [1.29, 1.82) is 0 Å². The molecule has 0 unspecified atom stereocenters. The molecule has 4 saturated carbocycles. The van der Waals surface area contributed by atoms with Gasteiger partial charge < -0.3 is 5.32 Å². The monoisotopic (exact) mass is 577 g/mol. The van der Waals surface area contributed by atoms with Crippen LogP contribution in [-0.2, 0) is 9.59 Å².